The van der Waals surface area contributed by atoms with Gasteiger partial charge >= 0.3 is 0 Å². The number of fused-ring (bicyclic) bond motifs is 1. The number of hydrogen-bond acceptors (Lipinski definition) is 4. The molecule has 1 atom stereocenters. The maximum absolute atomic E-state index is 13.5. The van der Waals surface area contributed by atoms with Crippen LogP contribution in [0, 0.1) is 0 Å². The van der Waals surface area contributed by atoms with Crippen molar-refractivity contribution in [2.24, 2.45) is 0 Å². The lowest BCUT2D eigenvalue weighted by atomic mass is 9.98. The number of amides is 2. The molecule has 43 heavy (non-hydrogen) atoms. The quantitative estimate of drug-likeness (QED) is 0.183. The smallest absolute Gasteiger partial charge is 0.258 e. The van der Waals surface area contributed by atoms with Gasteiger partial charge in [-0.2, -0.15) is 0 Å². The van der Waals surface area contributed by atoms with Gasteiger partial charge in [-0.3, -0.25) is 14.5 Å². The molecule has 6 nitrogen and oxygen atoms in total. The molecule has 0 unspecified atom stereocenters. The van der Waals surface area contributed by atoms with Crippen LogP contribution < -0.4 is 16.0 Å². The first-order chi connectivity index (χ1) is 20.9. The molecule has 7 heteroatoms. The first kappa shape index (κ1) is 28.7. The minimum absolute atomic E-state index is 0.210. The number of carbonyl (C=O) groups excluding carboxylic acids is 2. The van der Waals surface area contributed by atoms with Gasteiger partial charge in [-0.15, -0.1) is 0 Å². The number of hydrogen-bond donors (Lipinski definition) is 3. The maximum atomic E-state index is 13.5. The molecule has 0 saturated carbocycles. The summed E-state index contributed by atoms with van der Waals surface area (Å²) in [6.07, 6.45) is 3.80. The number of carbonyl (C=O) groups is 2. The van der Waals surface area contributed by atoms with Crippen LogP contribution in [0.15, 0.2) is 97.1 Å². The molecule has 0 aromatic heterocycles. The van der Waals surface area contributed by atoms with E-state index >= 15 is 0 Å². The Bertz CT molecular complexity index is 1660. The Labute approximate surface area is 257 Å². The molecule has 2 aliphatic heterocycles. The van der Waals surface area contributed by atoms with Gasteiger partial charge in [0, 0.05) is 34.1 Å². The predicted octanol–water partition coefficient (Wildman–Crippen LogP) is 7.75. The van der Waals surface area contributed by atoms with Gasteiger partial charge < -0.3 is 16.0 Å². The fourth-order valence-corrected chi connectivity index (χ4v) is 5.95. The van der Waals surface area contributed by atoms with Crippen LogP contribution in [0.25, 0.3) is 11.3 Å². The molecule has 1 fully saturated rings. The number of halogens is 1. The van der Waals surface area contributed by atoms with Crippen LogP contribution in [0.1, 0.15) is 64.8 Å². The van der Waals surface area contributed by atoms with E-state index in [1.54, 1.807) is 18.2 Å². The van der Waals surface area contributed by atoms with Crippen molar-refractivity contribution < 1.29 is 9.59 Å². The Morgan fingerprint density at radius 1 is 0.884 bits per heavy atom. The Balaban J connectivity index is 1.32. The molecule has 4 aromatic rings. The Morgan fingerprint density at radius 2 is 1.65 bits per heavy atom. The number of nitrogens with zero attached hydrogens (tertiary/aromatic N) is 1. The van der Waals surface area contributed by atoms with Crippen LogP contribution in [-0.2, 0) is 11.3 Å². The number of piperidine rings is 1. The van der Waals surface area contributed by atoms with Crippen LogP contribution in [0.5, 0.6) is 0 Å². The average Bonchev–Trinajstić information content (AvgIpc) is 3.36. The van der Waals surface area contributed by atoms with Crippen molar-refractivity contribution in [2.75, 3.05) is 23.7 Å². The fraction of sp³-hybridized carbons (Fsp3) is 0.222. The first-order valence-electron chi connectivity index (χ1n) is 14.8. The summed E-state index contributed by atoms with van der Waals surface area (Å²) >= 11 is 6.03. The monoisotopic (exact) mass is 590 g/mol. The second-order valence-corrected chi connectivity index (χ2v) is 11.7. The summed E-state index contributed by atoms with van der Waals surface area (Å²) in [6, 6.07) is 30.8. The molecule has 4 aromatic carbocycles. The van der Waals surface area contributed by atoms with E-state index in [1.165, 1.54) is 24.8 Å². The van der Waals surface area contributed by atoms with E-state index in [0.29, 0.717) is 33.1 Å². The second-order valence-electron chi connectivity index (χ2n) is 11.2. The summed E-state index contributed by atoms with van der Waals surface area (Å²) in [5.41, 5.74) is 7.01. The third-order valence-electron chi connectivity index (χ3n) is 8.11. The number of likely N-dealkylation sites (tertiary alicyclic amines) is 1. The van der Waals surface area contributed by atoms with E-state index in [4.69, 9.17) is 11.6 Å². The molecule has 0 radical (unpaired) electrons. The fourth-order valence-electron chi connectivity index (χ4n) is 5.82. The van der Waals surface area contributed by atoms with Gasteiger partial charge in [0.15, 0.2) is 0 Å². The summed E-state index contributed by atoms with van der Waals surface area (Å²) in [4.78, 5) is 29.3. The lowest BCUT2D eigenvalue weighted by Gasteiger charge is -2.26. The highest BCUT2D eigenvalue weighted by Gasteiger charge is 2.29. The lowest BCUT2D eigenvalue weighted by molar-refractivity contribution is -0.110. The molecule has 2 heterocycles. The van der Waals surface area contributed by atoms with Gasteiger partial charge in [-0.1, -0.05) is 72.6 Å². The van der Waals surface area contributed by atoms with Crippen LogP contribution in [0.2, 0.25) is 5.02 Å². The summed E-state index contributed by atoms with van der Waals surface area (Å²) in [5, 5.41) is 10.3. The third-order valence-corrected chi connectivity index (χ3v) is 8.36. The minimum atomic E-state index is -0.219. The topological polar surface area (TPSA) is 73.5 Å². The highest BCUT2D eigenvalue weighted by molar-refractivity contribution is 6.37. The molecular formula is C36H35ClN4O2. The predicted molar refractivity (Wildman–Crippen MR) is 175 cm³/mol. The van der Waals surface area contributed by atoms with Gasteiger partial charge in [-0.25, -0.2) is 0 Å². The van der Waals surface area contributed by atoms with E-state index in [0.717, 1.165) is 36.4 Å². The molecule has 0 spiro atoms. The number of anilines is 2. The second kappa shape index (κ2) is 12.9. The van der Waals surface area contributed by atoms with Crippen LogP contribution in [0.4, 0.5) is 11.4 Å². The van der Waals surface area contributed by atoms with Gasteiger partial charge in [-0.05, 0) is 92.0 Å². The van der Waals surface area contributed by atoms with E-state index in [-0.39, 0.29) is 17.9 Å². The van der Waals surface area contributed by atoms with Gasteiger partial charge in [0.2, 0.25) is 0 Å². The van der Waals surface area contributed by atoms with Gasteiger partial charge in [0.05, 0.1) is 17.3 Å². The zero-order chi connectivity index (χ0) is 29.8. The summed E-state index contributed by atoms with van der Waals surface area (Å²) in [7, 11) is 0. The van der Waals surface area contributed by atoms with Crippen molar-refractivity contribution in [2.45, 2.75) is 38.8 Å². The summed E-state index contributed by atoms with van der Waals surface area (Å²) < 4.78 is 0. The average molecular weight is 591 g/mol. The normalized spacial score (nSPS) is 16.7. The van der Waals surface area contributed by atoms with E-state index < -0.39 is 0 Å². The zero-order valence-corrected chi connectivity index (χ0v) is 25.0. The van der Waals surface area contributed by atoms with Crippen molar-refractivity contribution in [1.82, 2.24) is 10.2 Å². The van der Waals surface area contributed by atoms with Crippen LogP contribution in [-0.4, -0.2) is 29.8 Å². The molecule has 3 N–H and O–H groups in total. The highest BCUT2D eigenvalue weighted by Crippen LogP contribution is 2.38. The Hall–Kier alpha value is -4.39. The number of benzene rings is 4. The molecule has 2 amide bonds. The van der Waals surface area contributed by atoms with E-state index in [9.17, 15) is 9.59 Å². The maximum Gasteiger partial charge on any atom is 0.258 e. The molecule has 1 saturated heterocycles. The highest BCUT2D eigenvalue weighted by atomic mass is 35.5. The third kappa shape index (κ3) is 6.66. The molecular weight excluding hydrogens is 556 g/mol. The molecule has 2 aliphatic rings. The summed E-state index contributed by atoms with van der Waals surface area (Å²) in [6.45, 7) is 5.09. The van der Waals surface area contributed by atoms with Crippen molar-refractivity contribution >= 4 is 46.1 Å². The molecule has 218 valence electrons. The molecule has 0 bridgehead atoms. The SMILES string of the molecule is C[C@H](NC(=O)c1ccc2c(c1)C(=C(Nc1cccc(CN3CCCCC3)c1)c1ccccc1)C(=O)N2)c1ccc(Cl)cc1. The van der Waals surface area contributed by atoms with Crippen molar-refractivity contribution in [3.63, 3.8) is 0 Å². The largest absolute Gasteiger partial charge is 0.354 e. The van der Waals surface area contributed by atoms with E-state index in [2.05, 4.69) is 39.0 Å². The van der Waals surface area contributed by atoms with E-state index in [1.807, 2.05) is 67.6 Å². The van der Waals surface area contributed by atoms with Crippen molar-refractivity contribution in [3.05, 3.63) is 130 Å². The number of rotatable bonds is 8. The zero-order valence-electron chi connectivity index (χ0n) is 24.2. The number of nitrogens with one attached hydrogen (secondary N) is 3. The van der Waals surface area contributed by atoms with Crippen LogP contribution in [0.3, 0.4) is 0 Å². The van der Waals surface area contributed by atoms with Crippen molar-refractivity contribution in [1.29, 1.82) is 0 Å². The van der Waals surface area contributed by atoms with Gasteiger partial charge in [0.1, 0.15) is 0 Å². The summed E-state index contributed by atoms with van der Waals surface area (Å²) in [5.74, 6) is -0.429. The standard InChI is InChI=1S/C36H35ClN4O2/c1-24(26-13-16-29(37)17-14-26)38-35(42)28-15-18-32-31(22-28)33(36(43)40-32)34(27-10-4-2-5-11-27)39-30-12-8-9-25(21-30)23-41-19-6-3-7-20-41/h2,4-5,8-18,21-22,24,39H,3,6-7,19-20,23H2,1H3,(H,38,42)(H,40,43)/t24-/m0/s1. The minimum Gasteiger partial charge on any atom is -0.354 e. The Kier molecular flexibility index (Phi) is 8.59. The first-order valence-corrected chi connectivity index (χ1v) is 15.2. The molecule has 0 aliphatic carbocycles. The molecule has 6 rings (SSSR count). The Morgan fingerprint density at radius 3 is 2.42 bits per heavy atom. The van der Waals surface area contributed by atoms with Crippen molar-refractivity contribution in [3.8, 4) is 0 Å². The lowest BCUT2D eigenvalue weighted by Crippen LogP contribution is -2.29. The van der Waals surface area contributed by atoms with Gasteiger partial charge in [0.25, 0.3) is 11.8 Å². The van der Waals surface area contributed by atoms with Crippen LogP contribution >= 0.6 is 11.6 Å².